The van der Waals surface area contributed by atoms with Crippen molar-refractivity contribution >= 4 is 9.73 Å². The van der Waals surface area contributed by atoms with Crippen LogP contribution in [-0.4, -0.2) is 47.3 Å². The van der Waals surface area contributed by atoms with Gasteiger partial charge in [-0.05, 0) is 25.9 Å². The molecule has 0 aliphatic carbocycles. The predicted octanol–water partition coefficient (Wildman–Crippen LogP) is 1.20. The largest absolute Gasteiger partial charge is 0.302 e. The lowest BCUT2D eigenvalue weighted by molar-refractivity contribution is 0.243. The van der Waals surface area contributed by atoms with E-state index >= 15 is 0 Å². The van der Waals surface area contributed by atoms with Crippen molar-refractivity contribution < 1.29 is 4.21 Å². The van der Waals surface area contributed by atoms with Gasteiger partial charge in [0, 0.05) is 29.6 Å². The third kappa shape index (κ3) is 2.68. The van der Waals surface area contributed by atoms with Gasteiger partial charge in [-0.2, -0.15) is 0 Å². The number of nitrogens with zero attached hydrogens (tertiary/aromatic N) is 2. The van der Waals surface area contributed by atoms with Gasteiger partial charge in [-0.15, -0.1) is 0 Å². The number of rotatable bonds is 2. The number of likely N-dealkylation sites (tertiary alicyclic amines) is 1. The first-order chi connectivity index (χ1) is 6.10. The summed E-state index contributed by atoms with van der Waals surface area (Å²) in [5, 5.41) is 0.284. The van der Waals surface area contributed by atoms with Crippen molar-refractivity contribution in [1.82, 2.24) is 4.90 Å². The second-order valence-corrected chi connectivity index (χ2v) is 6.46. The van der Waals surface area contributed by atoms with E-state index < -0.39 is 9.73 Å². The van der Waals surface area contributed by atoms with Crippen LogP contribution in [0.2, 0.25) is 0 Å². The van der Waals surface area contributed by atoms with Crippen LogP contribution in [0.25, 0.3) is 0 Å². The Morgan fingerprint density at radius 2 is 2.31 bits per heavy atom. The Labute approximate surface area is 81.7 Å². The van der Waals surface area contributed by atoms with Crippen LogP contribution in [-0.2, 0) is 9.73 Å². The fourth-order valence-corrected chi connectivity index (χ4v) is 3.20. The van der Waals surface area contributed by atoms with Gasteiger partial charge >= 0.3 is 0 Å². The standard InChI is InChI=1S/C9H20N2OS/c1-4-11-7-5-6-9(8-11)13(3,12)10-2/h9H,4-8H2,1-3H3. The van der Waals surface area contributed by atoms with Crippen molar-refractivity contribution in [2.24, 2.45) is 4.36 Å². The Balaban J connectivity index is 2.67. The molecule has 4 heteroatoms. The highest BCUT2D eigenvalue weighted by atomic mass is 32.2. The van der Waals surface area contributed by atoms with Gasteiger partial charge in [-0.25, -0.2) is 8.57 Å². The first-order valence-corrected chi connectivity index (χ1v) is 6.90. The lowest BCUT2D eigenvalue weighted by Gasteiger charge is -2.32. The van der Waals surface area contributed by atoms with E-state index in [0.29, 0.717) is 0 Å². The molecule has 2 atom stereocenters. The van der Waals surface area contributed by atoms with Gasteiger partial charge in [0.15, 0.2) is 0 Å². The minimum Gasteiger partial charge on any atom is -0.302 e. The van der Waals surface area contributed by atoms with Crippen LogP contribution in [0.15, 0.2) is 4.36 Å². The average molecular weight is 204 g/mol. The van der Waals surface area contributed by atoms with E-state index in [1.54, 1.807) is 13.3 Å². The molecule has 3 nitrogen and oxygen atoms in total. The Morgan fingerprint density at radius 3 is 2.85 bits per heavy atom. The molecule has 1 saturated heterocycles. The molecule has 0 N–H and O–H groups in total. The van der Waals surface area contributed by atoms with Gasteiger partial charge in [0.1, 0.15) is 0 Å². The van der Waals surface area contributed by atoms with Crippen molar-refractivity contribution in [1.29, 1.82) is 0 Å². The molecule has 1 rings (SSSR count). The van der Waals surface area contributed by atoms with Gasteiger partial charge in [-0.1, -0.05) is 6.92 Å². The summed E-state index contributed by atoms with van der Waals surface area (Å²) in [4.78, 5) is 2.36. The van der Waals surface area contributed by atoms with E-state index in [1.165, 1.54) is 6.42 Å². The Hall–Kier alpha value is -0.0900. The minimum absolute atomic E-state index is 0.284. The molecular formula is C9H20N2OS. The quantitative estimate of drug-likeness (QED) is 0.677. The Bertz CT molecular complexity index is 269. The van der Waals surface area contributed by atoms with E-state index in [1.807, 2.05) is 0 Å². The van der Waals surface area contributed by atoms with E-state index in [4.69, 9.17) is 0 Å². The minimum atomic E-state index is -1.93. The van der Waals surface area contributed by atoms with Crippen LogP contribution in [0.3, 0.4) is 0 Å². The van der Waals surface area contributed by atoms with Gasteiger partial charge in [0.25, 0.3) is 0 Å². The fourth-order valence-electron chi connectivity index (χ4n) is 1.81. The SMILES string of the molecule is CCN1CCCC(S(C)(=O)=NC)C1. The van der Waals surface area contributed by atoms with Crippen LogP contribution in [0.5, 0.6) is 0 Å². The first kappa shape index (κ1) is 11.0. The number of piperidine rings is 1. The summed E-state index contributed by atoms with van der Waals surface area (Å²) in [6, 6.07) is 0. The second kappa shape index (κ2) is 4.42. The monoisotopic (exact) mass is 204 g/mol. The van der Waals surface area contributed by atoms with E-state index in [9.17, 15) is 4.21 Å². The number of hydrogen-bond acceptors (Lipinski definition) is 3. The van der Waals surface area contributed by atoms with Crippen molar-refractivity contribution in [3.8, 4) is 0 Å². The van der Waals surface area contributed by atoms with Crippen LogP contribution < -0.4 is 0 Å². The maximum Gasteiger partial charge on any atom is 0.0554 e. The molecule has 0 spiro atoms. The summed E-state index contributed by atoms with van der Waals surface area (Å²) < 4.78 is 16.0. The van der Waals surface area contributed by atoms with Crippen molar-refractivity contribution in [3.63, 3.8) is 0 Å². The molecule has 0 saturated carbocycles. The van der Waals surface area contributed by atoms with E-state index in [0.717, 1.165) is 26.1 Å². The van der Waals surface area contributed by atoms with Crippen LogP contribution in [0.4, 0.5) is 0 Å². The third-order valence-corrected chi connectivity index (χ3v) is 5.24. The molecule has 0 bridgehead atoms. The molecule has 1 fully saturated rings. The summed E-state index contributed by atoms with van der Waals surface area (Å²) in [5.74, 6) is 0. The number of hydrogen-bond donors (Lipinski definition) is 0. The second-order valence-electron chi connectivity index (χ2n) is 3.70. The van der Waals surface area contributed by atoms with Gasteiger partial charge in [0.2, 0.25) is 0 Å². The Morgan fingerprint density at radius 1 is 1.62 bits per heavy atom. The zero-order chi connectivity index (χ0) is 9.90. The summed E-state index contributed by atoms with van der Waals surface area (Å²) in [6.07, 6.45) is 4.03. The predicted molar refractivity (Wildman–Crippen MR) is 57.6 cm³/mol. The lowest BCUT2D eigenvalue weighted by atomic mass is 10.1. The molecule has 1 heterocycles. The zero-order valence-corrected chi connectivity index (χ0v) is 9.64. The summed E-state index contributed by atoms with van der Waals surface area (Å²) in [7, 11) is -0.257. The van der Waals surface area contributed by atoms with Crippen LogP contribution in [0, 0.1) is 0 Å². The van der Waals surface area contributed by atoms with Crippen molar-refractivity contribution in [2.75, 3.05) is 32.9 Å². The molecule has 0 aromatic heterocycles. The smallest absolute Gasteiger partial charge is 0.0554 e. The highest BCUT2D eigenvalue weighted by Gasteiger charge is 2.24. The van der Waals surface area contributed by atoms with E-state index in [-0.39, 0.29) is 5.25 Å². The summed E-state index contributed by atoms with van der Waals surface area (Å²) in [5.41, 5.74) is 0. The molecule has 13 heavy (non-hydrogen) atoms. The normalized spacial score (nSPS) is 29.6. The molecule has 2 unspecified atom stereocenters. The first-order valence-electron chi connectivity index (χ1n) is 4.91. The molecule has 1 aliphatic heterocycles. The lowest BCUT2D eigenvalue weighted by Crippen LogP contribution is -2.41. The van der Waals surface area contributed by atoms with Gasteiger partial charge < -0.3 is 4.90 Å². The van der Waals surface area contributed by atoms with Gasteiger partial charge in [0.05, 0.1) is 5.25 Å². The average Bonchev–Trinajstić information content (AvgIpc) is 2.18. The van der Waals surface area contributed by atoms with Crippen molar-refractivity contribution in [2.45, 2.75) is 25.0 Å². The Kier molecular flexibility index (Phi) is 3.74. The fraction of sp³-hybridized carbons (Fsp3) is 1.00. The topological polar surface area (TPSA) is 32.7 Å². The molecule has 78 valence electrons. The maximum atomic E-state index is 12.0. The van der Waals surface area contributed by atoms with E-state index in [2.05, 4.69) is 16.2 Å². The van der Waals surface area contributed by atoms with Crippen LogP contribution in [0.1, 0.15) is 19.8 Å². The highest BCUT2D eigenvalue weighted by Crippen LogP contribution is 2.17. The molecule has 0 radical (unpaired) electrons. The summed E-state index contributed by atoms with van der Waals surface area (Å²) >= 11 is 0. The maximum absolute atomic E-state index is 12.0. The molecule has 0 amide bonds. The third-order valence-electron chi connectivity index (χ3n) is 2.89. The highest BCUT2D eigenvalue weighted by molar-refractivity contribution is 7.93. The summed E-state index contributed by atoms with van der Waals surface area (Å²) in [6.45, 7) is 5.34. The molecule has 1 aliphatic rings. The zero-order valence-electron chi connectivity index (χ0n) is 8.82. The molecular weight excluding hydrogens is 184 g/mol. The van der Waals surface area contributed by atoms with Crippen LogP contribution >= 0.6 is 0 Å². The molecule has 0 aromatic rings. The molecule has 0 aromatic carbocycles. The van der Waals surface area contributed by atoms with Gasteiger partial charge in [-0.3, -0.25) is 0 Å². The van der Waals surface area contributed by atoms with Crippen molar-refractivity contribution in [3.05, 3.63) is 0 Å².